The van der Waals surface area contributed by atoms with Gasteiger partial charge in [-0.1, -0.05) is 66.7 Å². The molecule has 0 saturated carbocycles. The van der Waals surface area contributed by atoms with Crippen LogP contribution in [0.4, 0.5) is 0 Å². The first kappa shape index (κ1) is 23.5. The van der Waals surface area contributed by atoms with Crippen molar-refractivity contribution in [3.05, 3.63) is 102 Å². The quantitative estimate of drug-likeness (QED) is 0.510. The lowest BCUT2D eigenvalue weighted by molar-refractivity contribution is -0.130. The second-order valence-electron chi connectivity index (χ2n) is 8.94. The van der Waals surface area contributed by atoms with Crippen LogP contribution >= 0.6 is 0 Å². The van der Waals surface area contributed by atoms with Crippen molar-refractivity contribution in [2.45, 2.75) is 5.92 Å². The molecule has 2 unspecified atom stereocenters. The Labute approximate surface area is 200 Å². The maximum Gasteiger partial charge on any atom is 0.236 e. The number of piperidine rings is 1. The van der Waals surface area contributed by atoms with Crippen molar-refractivity contribution in [1.29, 1.82) is 0 Å². The van der Waals surface area contributed by atoms with Crippen molar-refractivity contribution < 1.29 is 14.4 Å². The normalized spacial score (nSPS) is 20.5. The first-order valence-electron chi connectivity index (χ1n) is 11.5. The second kappa shape index (κ2) is 10.5. The van der Waals surface area contributed by atoms with E-state index in [2.05, 4.69) is 4.98 Å². The third-order valence-corrected chi connectivity index (χ3v) is 6.45. The Kier molecular flexibility index (Phi) is 7.28. The zero-order chi connectivity index (χ0) is 24.1. The lowest BCUT2D eigenvalue weighted by atomic mass is 9.70. The number of nitrogens with zero attached hydrogens (tertiary/aromatic N) is 3. The van der Waals surface area contributed by atoms with E-state index in [-0.39, 0.29) is 24.0 Å². The van der Waals surface area contributed by atoms with Crippen molar-refractivity contribution in [2.24, 2.45) is 11.8 Å². The monoisotopic (exact) mass is 455 g/mol. The van der Waals surface area contributed by atoms with Crippen molar-refractivity contribution in [3.63, 3.8) is 0 Å². The lowest BCUT2D eigenvalue weighted by Crippen LogP contribution is -2.52. The molecule has 1 aliphatic rings. The number of ketones is 2. The Morgan fingerprint density at radius 3 is 1.74 bits per heavy atom. The van der Waals surface area contributed by atoms with Gasteiger partial charge >= 0.3 is 0 Å². The highest BCUT2D eigenvalue weighted by Gasteiger charge is 2.45. The topological polar surface area (TPSA) is 70.6 Å². The molecule has 0 aliphatic carbocycles. The van der Waals surface area contributed by atoms with E-state index in [4.69, 9.17) is 0 Å². The molecule has 1 fully saturated rings. The van der Waals surface area contributed by atoms with Crippen LogP contribution in [0.25, 0.3) is 0 Å². The minimum Gasteiger partial charge on any atom is -0.348 e. The molecule has 1 aromatic heterocycles. The predicted octanol–water partition coefficient (Wildman–Crippen LogP) is 3.57. The van der Waals surface area contributed by atoms with Crippen LogP contribution in [0.1, 0.15) is 32.3 Å². The summed E-state index contributed by atoms with van der Waals surface area (Å²) in [6.45, 7) is 0.916. The number of likely N-dealkylation sites (tertiary alicyclic amines) is 1. The van der Waals surface area contributed by atoms with E-state index in [1.54, 1.807) is 44.6 Å². The molecule has 34 heavy (non-hydrogen) atoms. The number of aromatic nitrogens is 1. The SMILES string of the molecule is CN(C)C(=O)CN1CC(C(=O)c2ccccc2)C(c2ccccn2)C(C(=O)c2ccccc2)C1. The molecule has 0 spiro atoms. The molecule has 2 aromatic carbocycles. The number of hydrogen-bond acceptors (Lipinski definition) is 5. The van der Waals surface area contributed by atoms with Crippen molar-refractivity contribution >= 4 is 17.5 Å². The maximum atomic E-state index is 13.8. The summed E-state index contributed by atoms with van der Waals surface area (Å²) in [5.41, 5.74) is 1.92. The Morgan fingerprint density at radius 2 is 1.29 bits per heavy atom. The van der Waals surface area contributed by atoms with Crippen LogP contribution in [0.2, 0.25) is 0 Å². The molecular formula is C28H29N3O3. The fraction of sp³-hybridized carbons (Fsp3) is 0.286. The summed E-state index contributed by atoms with van der Waals surface area (Å²) in [6, 6.07) is 23.9. The van der Waals surface area contributed by atoms with Gasteiger partial charge in [-0.25, -0.2) is 0 Å². The highest BCUT2D eigenvalue weighted by atomic mass is 16.2. The van der Waals surface area contributed by atoms with Gasteiger partial charge in [-0.15, -0.1) is 0 Å². The van der Waals surface area contributed by atoms with E-state index in [1.807, 2.05) is 59.5 Å². The van der Waals surface area contributed by atoms with Gasteiger partial charge in [-0.3, -0.25) is 24.3 Å². The van der Waals surface area contributed by atoms with Crippen LogP contribution in [0.15, 0.2) is 85.1 Å². The summed E-state index contributed by atoms with van der Waals surface area (Å²) in [4.78, 5) is 48.2. The van der Waals surface area contributed by atoms with Crippen LogP contribution in [-0.2, 0) is 4.79 Å². The average Bonchev–Trinajstić information content (AvgIpc) is 2.88. The van der Waals surface area contributed by atoms with Crippen LogP contribution in [-0.4, -0.2) is 66.0 Å². The van der Waals surface area contributed by atoms with Crippen molar-refractivity contribution in [3.8, 4) is 0 Å². The van der Waals surface area contributed by atoms with Crippen LogP contribution in [0, 0.1) is 11.8 Å². The lowest BCUT2D eigenvalue weighted by Gasteiger charge is -2.42. The van der Waals surface area contributed by atoms with Gasteiger partial charge in [-0.05, 0) is 12.1 Å². The van der Waals surface area contributed by atoms with Gasteiger partial charge in [0.15, 0.2) is 11.6 Å². The van der Waals surface area contributed by atoms with Crippen molar-refractivity contribution in [1.82, 2.24) is 14.8 Å². The Bertz CT molecular complexity index is 1070. The largest absolute Gasteiger partial charge is 0.348 e. The second-order valence-corrected chi connectivity index (χ2v) is 8.94. The molecule has 174 valence electrons. The summed E-state index contributed by atoms with van der Waals surface area (Å²) in [5.74, 6) is -1.56. The van der Waals surface area contributed by atoms with Gasteiger partial charge < -0.3 is 4.90 Å². The Morgan fingerprint density at radius 1 is 0.794 bits per heavy atom. The number of rotatable bonds is 7. The number of hydrogen-bond donors (Lipinski definition) is 0. The number of pyridine rings is 1. The van der Waals surface area contributed by atoms with Gasteiger partial charge in [0.25, 0.3) is 0 Å². The molecule has 2 heterocycles. The van der Waals surface area contributed by atoms with Crippen molar-refractivity contribution in [2.75, 3.05) is 33.7 Å². The smallest absolute Gasteiger partial charge is 0.236 e. The molecule has 2 atom stereocenters. The molecule has 0 radical (unpaired) electrons. The minimum atomic E-state index is -0.515. The number of carbonyl (C=O) groups excluding carboxylic acids is 3. The zero-order valence-corrected chi connectivity index (χ0v) is 19.5. The van der Waals surface area contributed by atoms with E-state index in [1.165, 1.54) is 4.90 Å². The number of amides is 1. The highest BCUT2D eigenvalue weighted by molar-refractivity contribution is 6.02. The van der Waals surface area contributed by atoms with E-state index >= 15 is 0 Å². The summed E-state index contributed by atoms with van der Waals surface area (Å²) < 4.78 is 0. The third-order valence-electron chi connectivity index (χ3n) is 6.45. The maximum absolute atomic E-state index is 13.8. The van der Waals surface area contributed by atoms with Gasteiger partial charge in [0.05, 0.1) is 6.54 Å². The standard InChI is InChI=1S/C28H29N3O3/c1-30(2)25(32)19-31-17-22(27(33)20-11-5-3-6-12-20)26(24-15-9-10-16-29-24)23(18-31)28(34)21-13-7-4-8-14-21/h3-16,22-23,26H,17-19H2,1-2H3. The van der Waals surface area contributed by atoms with E-state index in [0.717, 1.165) is 5.69 Å². The van der Waals surface area contributed by atoms with Crippen LogP contribution < -0.4 is 0 Å². The number of carbonyl (C=O) groups is 3. The first-order chi connectivity index (χ1) is 16.5. The Hall–Kier alpha value is -3.64. The third kappa shape index (κ3) is 5.13. The van der Waals surface area contributed by atoms with E-state index in [0.29, 0.717) is 24.2 Å². The van der Waals surface area contributed by atoms with Crippen LogP contribution in [0.5, 0.6) is 0 Å². The molecule has 6 nitrogen and oxygen atoms in total. The zero-order valence-electron chi connectivity index (χ0n) is 19.5. The molecule has 0 N–H and O–H groups in total. The molecule has 0 bridgehead atoms. The summed E-state index contributed by atoms with van der Waals surface area (Å²) in [5, 5.41) is 0. The number of benzene rings is 2. The molecular weight excluding hydrogens is 426 g/mol. The summed E-state index contributed by atoms with van der Waals surface area (Å²) >= 11 is 0. The molecule has 6 heteroatoms. The summed E-state index contributed by atoms with van der Waals surface area (Å²) in [6.07, 6.45) is 1.70. The summed E-state index contributed by atoms with van der Waals surface area (Å²) in [7, 11) is 3.42. The molecule has 1 amide bonds. The van der Waals surface area contributed by atoms with Crippen LogP contribution in [0.3, 0.4) is 0 Å². The van der Waals surface area contributed by atoms with E-state index < -0.39 is 17.8 Å². The van der Waals surface area contributed by atoms with E-state index in [9.17, 15) is 14.4 Å². The predicted molar refractivity (Wildman–Crippen MR) is 131 cm³/mol. The fourth-order valence-electron chi connectivity index (χ4n) is 4.71. The Balaban J connectivity index is 1.78. The minimum absolute atomic E-state index is 0.0379. The first-order valence-corrected chi connectivity index (χ1v) is 11.5. The highest BCUT2D eigenvalue weighted by Crippen LogP contribution is 2.40. The average molecular weight is 456 g/mol. The number of likely N-dealkylation sites (N-methyl/N-ethyl adjacent to an activating group) is 1. The van der Waals surface area contributed by atoms with Gasteiger partial charge in [-0.2, -0.15) is 0 Å². The molecule has 1 aliphatic heterocycles. The molecule has 1 saturated heterocycles. The van der Waals surface area contributed by atoms with Gasteiger partial charge in [0.1, 0.15) is 0 Å². The number of Topliss-reactive ketones (excluding diaryl/α,β-unsaturated/α-hetero) is 2. The fourth-order valence-corrected chi connectivity index (χ4v) is 4.71. The van der Waals surface area contributed by atoms with Gasteiger partial charge in [0.2, 0.25) is 5.91 Å². The molecule has 3 aromatic rings. The van der Waals surface area contributed by atoms with Gasteiger partial charge in [0, 0.05) is 68.0 Å². The molecule has 4 rings (SSSR count).